The number of aryl methyl sites for hydroxylation is 2. The molecule has 2 heterocycles. The largest absolute Gasteiger partial charge is 0.325 e. The summed E-state index contributed by atoms with van der Waals surface area (Å²) in [6, 6.07) is 1.77. The number of nitrogens with zero attached hydrogens (tertiary/aromatic N) is 2. The van der Waals surface area contributed by atoms with E-state index in [1.165, 1.54) is 6.20 Å². The molecule has 0 aliphatic rings. The molecule has 0 saturated heterocycles. The van der Waals surface area contributed by atoms with Crippen LogP contribution in [0.25, 0.3) is 0 Å². The number of aromatic amines is 1. The number of rotatable bonds is 4. The Hall–Kier alpha value is -1.45. The summed E-state index contributed by atoms with van der Waals surface area (Å²) in [4.78, 5) is 4.13. The number of sulfonamides is 1. The maximum atomic E-state index is 12.4. The molecule has 2 aromatic rings. The zero-order valence-electron chi connectivity index (χ0n) is 10.9. The zero-order chi connectivity index (χ0) is 14.9. The summed E-state index contributed by atoms with van der Waals surface area (Å²) in [5, 5.41) is 6.51. The first kappa shape index (κ1) is 14.9. The number of H-pyrrole nitrogens is 1. The number of nitrogens with one attached hydrogen (secondary N) is 2. The van der Waals surface area contributed by atoms with Gasteiger partial charge in [-0.1, -0.05) is 0 Å². The zero-order valence-corrected chi connectivity index (χ0v) is 13.3. The fourth-order valence-electron chi connectivity index (χ4n) is 1.79. The SMILES string of the molecule is Cc1cc(Br)cnc1NS(=O)(=O)c1c(CN)n[nH]c1C. The molecule has 0 saturated carbocycles. The van der Waals surface area contributed by atoms with Crippen molar-refractivity contribution in [2.75, 3.05) is 4.72 Å². The molecule has 9 heteroatoms. The molecule has 4 N–H and O–H groups in total. The van der Waals surface area contributed by atoms with Crippen LogP contribution in [0.1, 0.15) is 17.0 Å². The van der Waals surface area contributed by atoms with Gasteiger partial charge < -0.3 is 5.73 Å². The van der Waals surface area contributed by atoms with Crippen molar-refractivity contribution >= 4 is 31.8 Å². The van der Waals surface area contributed by atoms with Crippen LogP contribution in [-0.4, -0.2) is 23.6 Å². The van der Waals surface area contributed by atoms with Gasteiger partial charge in [0.1, 0.15) is 10.7 Å². The molecule has 0 aliphatic carbocycles. The summed E-state index contributed by atoms with van der Waals surface area (Å²) in [7, 11) is -3.78. The monoisotopic (exact) mass is 359 g/mol. The number of anilines is 1. The van der Waals surface area contributed by atoms with Crippen molar-refractivity contribution in [3.63, 3.8) is 0 Å². The molecule has 0 fully saturated rings. The van der Waals surface area contributed by atoms with Crippen LogP contribution in [0.4, 0.5) is 5.82 Å². The second-order valence-electron chi connectivity index (χ2n) is 4.25. The summed E-state index contributed by atoms with van der Waals surface area (Å²) in [6.45, 7) is 3.43. The molecule has 2 aromatic heterocycles. The quantitative estimate of drug-likeness (QED) is 0.764. The third-order valence-electron chi connectivity index (χ3n) is 2.70. The molecule has 0 aliphatic heterocycles. The third kappa shape index (κ3) is 2.84. The molecule has 20 heavy (non-hydrogen) atoms. The van der Waals surface area contributed by atoms with Crippen molar-refractivity contribution < 1.29 is 8.42 Å². The number of nitrogens with two attached hydrogens (primary N) is 1. The summed E-state index contributed by atoms with van der Waals surface area (Å²) in [5.41, 5.74) is 6.95. The minimum atomic E-state index is -3.78. The summed E-state index contributed by atoms with van der Waals surface area (Å²) >= 11 is 3.28. The van der Waals surface area contributed by atoms with E-state index in [1.54, 1.807) is 19.9 Å². The van der Waals surface area contributed by atoms with E-state index in [-0.39, 0.29) is 17.3 Å². The van der Waals surface area contributed by atoms with Crippen LogP contribution in [0.5, 0.6) is 0 Å². The Labute approximate surface area is 125 Å². The van der Waals surface area contributed by atoms with Gasteiger partial charge >= 0.3 is 0 Å². The van der Waals surface area contributed by atoms with Crippen molar-refractivity contribution in [3.05, 3.63) is 33.7 Å². The number of aromatic nitrogens is 3. The minimum Gasteiger partial charge on any atom is -0.325 e. The van der Waals surface area contributed by atoms with Crippen LogP contribution in [0.2, 0.25) is 0 Å². The molecule has 7 nitrogen and oxygen atoms in total. The molecular formula is C11H14BrN5O2S. The normalized spacial score (nSPS) is 11.6. The molecule has 0 aromatic carbocycles. The van der Waals surface area contributed by atoms with Crippen molar-refractivity contribution in [2.24, 2.45) is 5.73 Å². The van der Waals surface area contributed by atoms with Crippen molar-refractivity contribution in [1.82, 2.24) is 15.2 Å². The van der Waals surface area contributed by atoms with E-state index in [9.17, 15) is 8.42 Å². The van der Waals surface area contributed by atoms with Gasteiger partial charge in [-0.2, -0.15) is 5.10 Å². The molecule has 108 valence electrons. The van der Waals surface area contributed by atoms with E-state index in [0.717, 1.165) is 4.47 Å². The van der Waals surface area contributed by atoms with Crippen LogP contribution in [0.3, 0.4) is 0 Å². The van der Waals surface area contributed by atoms with E-state index in [1.807, 2.05) is 0 Å². The van der Waals surface area contributed by atoms with Crippen LogP contribution in [-0.2, 0) is 16.6 Å². The lowest BCUT2D eigenvalue weighted by Crippen LogP contribution is -2.17. The van der Waals surface area contributed by atoms with Gasteiger partial charge in [0, 0.05) is 17.2 Å². The highest BCUT2D eigenvalue weighted by atomic mass is 79.9. The van der Waals surface area contributed by atoms with E-state index in [0.29, 0.717) is 17.0 Å². The number of pyridine rings is 1. The highest BCUT2D eigenvalue weighted by Gasteiger charge is 2.24. The van der Waals surface area contributed by atoms with Gasteiger partial charge in [0.05, 0.1) is 11.4 Å². The fraction of sp³-hybridized carbons (Fsp3) is 0.273. The van der Waals surface area contributed by atoms with Crippen LogP contribution in [0, 0.1) is 13.8 Å². The van der Waals surface area contributed by atoms with Crippen LogP contribution >= 0.6 is 15.9 Å². The van der Waals surface area contributed by atoms with E-state index < -0.39 is 10.0 Å². The summed E-state index contributed by atoms with van der Waals surface area (Å²) < 4.78 is 28.1. The lowest BCUT2D eigenvalue weighted by molar-refractivity contribution is 0.599. The Kier molecular flexibility index (Phi) is 4.11. The Bertz CT molecular complexity index is 741. The lowest BCUT2D eigenvalue weighted by atomic mass is 10.3. The topological polar surface area (TPSA) is 114 Å². The second kappa shape index (κ2) is 5.51. The average molecular weight is 360 g/mol. The Morgan fingerprint density at radius 2 is 2.15 bits per heavy atom. The van der Waals surface area contributed by atoms with Crippen molar-refractivity contribution in [2.45, 2.75) is 25.3 Å². The molecule has 0 amide bonds. The maximum Gasteiger partial charge on any atom is 0.266 e. The first-order chi connectivity index (χ1) is 9.35. The predicted octanol–water partition coefficient (Wildman–Crippen LogP) is 1.44. The van der Waals surface area contributed by atoms with Gasteiger partial charge in [-0.15, -0.1) is 0 Å². The van der Waals surface area contributed by atoms with Crippen LogP contribution in [0.15, 0.2) is 21.6 Å². The second-order valence-corrected chi connectivity index (χ2v) is 6.79. The minimum absolute atomic E-state index is 0.0351. The highest BCUT2D eigenvalue weighted by molar-refractivity contribution is 9.10. The first-order valence-corrected chi connectivity index (χ1v) is 8.01. The van der Waals surface area contributed by atoms with Crippen molar-refractivity contribution in [3.8, 4) is 0 Å². The van der Waals surface area contributed by atoms with Gasteiger partial charge in [-0.3, -0.25) is 9.82 Å². The Morgan fingerprint density at radius 3 is 2.75 bits per heavy atom. The molecule has 0 unspecified atom stereocenters. The Balaban J connectivity index is 2.43. The van der Waals surface area contributed by atoms with Gasteiger partial charge in [0.2, 0.25) is 0 Å². The van der Waals surface area contributed by atoms with E-state index in [4.69, 9.17) is 5.73 Å². The Morgan fingerprint density at radius 1 is 1.45 bits per heavy atom. The molecule has 0 spiro atoms. The molecular weight excluding hydrogens is 346 g/mol. The van der Waals surface area contributed by atoms with E-state index >= 15 is 0 Å². The third-order valence-corrected chi connectivity index (χ3v) is 4.67. The molecule has 0 radical (unpaired) electrons. The summed E-state index contributed by atoms with van der Waals surface area (Å²) in [6.07, 6.45) is 1.52. The summed E-state index contributed by atoms with van der Waals surface area (Å²) in [5.74, 6) is 0.275. The smallest absolute Gasteiger partial charge is 0.266 e. The standard InChI is InChI=1S/C11H14BrN5O2S/c1-6-3-8(12)5-14-11(6)17-20(18,19)10-7(2)15-16-9(10)4-13/h3,5H,4,13H2,1-2H3,(H,14,17)(H,15,16). The molecule has 0 bridgehead atoms. The van der Waals surface area contributed by atoms with Gasteiger partial charge in [0.25, 0.3) is 10.0 Å². The lowest BCUT2D eigenvalue weighted by Gasteiger charge is -2.10. The van der Waals surface area contributed by atoms with Crippen LogP contribution < -0.4 is 10.5 Å². The average Bonchev–Trinajstić information content (AvgIpc) is 2.75. The number of hydrogen-bond donors (Lipinski definition) is 3. The maximum absolute atomic E-state index is 12.4. The predicted molar refractivity (Wildman–Crippen MR) is 78.7 cm³/mol. The van der Waals surface area contributed by atoms with Gasteiger partial charge in [0.15, 0.2) is 0 Å². The van der Waals surface area contributed by atoms with Gasteiger partial charge in [-0.25, -0.2) is 13.4 Å². The molecule has 2 rings (SSSR count). The van der Waals surface area contributed by atoms with Gasteiger partial charge in [-0.05, 0) is 41.4 Å². The molecule has 0 atom stereocenters. The first-order valence-electron chi connectivity index (χ1n) is 5.74. The number of halogens is 1. The highest BCUT2D eigenvalue weighted by Crippen LogP contribution is 2.23. The fourth-order valence-corrected chi connectivity index (χ4v) is 3.69. The number of hydrogen-bond acceptors (Lipinski definition) is 5. The van der Waals surface area contributed by atoms with E-state index in [2.05, 4.69) is 35.8 Å². The van der Waals surface area contributed by atoms with Crippen molar-refractivity contribution in [1.29, 1.82) is 0 Å².